The summed E-state index contributed by atoms with van der Waals surface area (Å²) in [6.07, 6.45) is 1.65. The summed E-state index contributed by atoms with van der Waals surface area (Å²) in [6, 6.07) is 4.62. The fourth-order valence-electron chi connectivity index (χ4n) is 2.60. The van der Waals surface area contributed by atoms with E-state index in [2.05, 4.69) is 15.4 Å². The highest BCUT2D eigenvalue weighted by Gasteiger charge is 2.21. The lowest BCUT2D eigenvalue weighted by atomic mass is 10.0. The Labute approximate surface area is 134 Å². The van der Waals surface area contributed by atoms with Gasteiger partial charge in [0, 0.05) is 24.8 Å². The Kier molecular flexibility index (Phi) is 6.15. The van der Waals surface area contributed by atoms with Gasteiger partial charge in [-0.25, -0.2) is 4.79 Å². The number of ether oxygens (including phenoxy) is 2. The van der Waals surface area contributed by atoms with Crippen LogP contribution in [0.2, 0.25) is 0 Å². The van der Waals surface area contributed by atoms with Gasteiger partial charge >= 0.3 is 12.6 Å². The van der Waals surface area contributed by atoms with Crippen LogP contribution in [0.4, 0.5) is 13.6 Å². The lowest BCUT2D eigenvalue weighted by Crippen LogP contribution is -2.45. The van der Waals surface area contributed by atoms with Gasteiger partial charge in [-0.3, -0.25) is 0 Å². The average Bonchev–Trinajstić information content (AvgIpc) is 2.47. The summed E-state index contributed by atoms with van der Waals surface area (Å²) in [5.41, 5.74) is 1.42. The number of rotatable bonds is 5. The van der Waals surface area contributed by atoms with E-state index < -0.39 is 6.61 Å². The Bertz CT molecular complexity index is 540. The predicted octanol–water partition coefficient (Wildman–Crippen LogP) is 2.96. The standard InChI is InChI=1S/C16H22F2N2O3/c1-10-3-4-14(23-15(17)18)12(7-10)9-19-16(21)20-13-5-6-22-11(2)8-13/h3-4,7,11,13,15H,5-6,8-9H2,1-2H3,(H2,19,20,21)/t11-,13-/m1/s1. The first-order valence-electron chi connectivity index (χ1n) is 7.64. The van der Waals surface area contributed by atoms with E-state index in [4.69, 9.17) is 4.74 Å². The third-order valence-corrected chi connectivity index (χ3v) is 3.69. The molecule has 1 aromatic rings. The van der Waals surface area contributed by atoms with Crippen molar-refractivity contribution in [1.29, 1.82) is 0 Å². The normalized spacial score (nSPS) is 21.1. The number of hydrogen-bond donors (Lipinski definition) is 2. The van der Waals surface area contributed by atoms with Crippen LogP contribution >= 0.6 is 0 Å². The van der Waals surface area contributed by atoms with E-state index in [0.717, 1.165) is 18.4 Å². The van der Waals surface area contributed by atoms with E-state index in [9.17, 15) is 13.6 Å². The smallest absolute Gasteiger partial charge is 0.387 e. The molecule has 5 nitrogen and oxygen atoms in total. The molecule has 2 N–H and O–H groups in total. The topological polar surface area (TPSA) is 59.6 Å². The third kappa shape index (κ3) is 5.67. The number of carbonyl (C=O) groups is 1. The molecule has 0 saturated carbocycles. The molecule has 1 aromatic carbocycles. The van der Waals surface area contributed by atoms with Gasteiger partial charge in [-0.1, -0.05) is 17.7 Å². The molecule has 2 amide bonds. The summed E-state index contributed by atoms with van der Waals surface area (Å²) in [4.78, 5) is 12.0. The van der Waals surface area contributed by atoms with Crippen molar-refractivity contribution in [3.8, 4) is 5.75 Å². The van der Waals surface area contributed by atoms with Crippen molar-refractivity contribution < 1.29 is 23.0 Å². The maximum absolute atomic E-state index is 12.4. The molecular formula is C16H22F2N2O3. The predicted molar refractivity (Wildman–Crippen MR) is 81.6 cm³/mol. The highest BCUT2D eigenvalue weighted by Crippen LogP contribution is 2.22. The van der Waals surface area contributed by atoms with Crippen LogP contribution in [0, 0.1) is 6.92 Å². The van der Waals surface area contributed by atoms with Crippen molar-refractivity contribution >= 4 is 6.03 Å². The summed E-state index contributed by atoms with van der Waals surface area (Å²) in [6.45, 7) is 1.66. The first kappa shape index (κ1) is 17.5. The molecule has 1 fully saturated rings. The van der Waals surface area contributed by atoms with Crippen molar-refractivity contribution in [2.75, 3.05) is 6.61 Å². The number of amides is 2. The van der Waals surface area contributed by atoms with Crippen LogP contribution in [0.25, 0.3) is 0 Å². The Morgan fingerprint density at radius 1 is 1.48 bits per heavy atom. The molecule has 0 radical (unpaired) electrons. The first-order chi connectivity index (χ1) is 10.9. The Morgan fingerprint density at radius 3 is 2.96 bits per heavy atom. The second-order valence-corrected chi connectivity index (χ2v) is 5.72. The zero-order valence-electron chi connectivity index (χ0n) is 13.3. The van der Waals surface area contributed by atoms with Gasteiger partial charge in [0.15, 0.2) is 0 Å². The number of hydrogen-bond acceptors (Lipinski definition) is 3. The van der Waals surface area contributed by atoms with Gasteiger partial charge in [0.2, 0.25) is 0 Å². The van der Waals surface area contributed by atoms with Crippen LogP contribution < -0.4 is 15.4 Å². The van der Waals surface area contributed by atoms with Gasteiger partial charge in [-0.15, -0.1) is 0 Å². The number of nitrogens with one attached hydrogen (secondary N) is 2. The average molecular weight is 328 g/mol. The van der Waals surface area contributed by atoms with E-state index in [-0.39, 0.29) is 30.5 Å². The largest absolute Gasteiger partial charge is 0.434 e. The number of alkyl halides is 2. The van der Waals surface area contributed by atoms with E-state index >= 15 is 0 Å². The summed E-state index contributed by atoms with van der Waals surface area (Å²) in [5.74, 6) is 0.0746. The fraction of sp³-hybridized carbons (Fsp3) is 0.562. The summed E-state index contributed by atoms with van der Waals surface area (Å²) < 4.78 is 34.7. The van der Waals surface area contributed by atoms with E-state index in [1.165, 1.54) is 6.07 Å². The lowest BCUT2D eigenvalue weighted by Gasteiger charge is -2.28. The highest BCUT2D eigenvalue weighted by atomic mass is 19.3. The molecule has 1 aliphatic rings. The molecule has 0 aliphatic carbocycles. The van der Waals surface area contributed by atoms with Crippen LogP contribution in [0.1, 0.15) is 30.9 Å². The zero-order chi connectivity index (χ0) is 16.8. The molecule has 0 spiro atoms. The molecule has 1 aliphatic heterocycles. The SMILES string of the molecule is Cc1ccc(OC(F)F)c(CNC(=O)N[C@@H]2CCO[C@H](C)C2)c1. The number of urea groups is 1. The Hall–Kier alpha value is -1.89. The van der Waals surface area contributed by atoms with Gasteiger partial charge < -0.3 is 20.1 Å². The number of halogens is 2. The molecule has 0 unspecified atom stereocenters. The maximum atomic E-state index is 12.4. The zero-order valence-corrected chi connectivity index (χ0v) is 13.3. The minimum absolute atomic E-state index is 0.0630. The maximum Gasteiger partial charge on any atom is 0.387 e. The molecule has 1 heterocycles. The fourth-order valence-corrected chi connectivity index (χ4v) is 2.60. The minimum atomic E-state index is -2.89. The van der Waals surface area contributed by atoms with Crippen molar-refractivity contribution in [1.82, 2.24) is 10.6 Å². The summed E-state index contributed by atoms with van der Waals surface area (Å²) >= 11 is 0. The first-order valence-corrected chi connectivity index (χ1v) is 7.64. The molecule has 0 aromatic heterocycles. The van der Waals surface area contributed by atoms with Crippen LogP contribution in [-0.4, -0.2) is 31.4 Å². The second-order valence-electron chi connectivity index (χ2n) is 5.72. The van der Waals surface area contributed by atoms with Crippen LogP contribution in [-0.2, 0) is 11.3 Å². The van der Waals surface area contributed by atoms with Crippen LogP contribution in [0.3, 0.4) is 0 Å². The van der Waals surface area contributed by atoms with Crippen molar-refractivity contribution in [2.45, 2.75) is 52.0 Å². The van der Waals surface area contributed by atoms with Crippen LogP contribution in [0.15, 0.2) is 18.2 Å². The molecular weight excluding hydrogens is 306 g/mol. The van der Waals surface area contributed by atoms with E-state index in [1.54, 1.807) is 12.1 Å². The number of carbonyl (C=O) groups excluding carboxylic acids is 1. The van der Waals surface area contributed by atoms with Gasteiger partial charge in [0.1, 0.15) is 5.75 Å². The van der Waals surface area contributed by atoms with E-state index in [1.807, 2.05) is 13.8 Å². The quantitative estimate of drug-likeness (QED) is 0.874. The van der Waals surface area contributed by atoms with Gasteiger partial charge in [-0.2, -0.15) is 8.78 Å². The molecule has 128 valence electrons. The summed E-state index contributed by atoms with van der Waals surface area (Å²) in [7, 11) is 0. The molecule has 2 rings (SSSR count). The molecule has 23 heavy (non-hydrogen) atoms. The third-order valence-electron chi connectivity index (χ3n) is 3.69. The van der Waals surface area contributed by atoms with Gasteiger partial charge in [0.05, 0.1) is 6.10 Å². The Balaban J connectivity index is 1.89. The monoisotopic (exact) mass is 328 g/mol. The van der Waals surface area contributed by atoms with Crippen molar-refractivity contribution in [3.05, 3.63) is 29.3 Å². The van der Waals surface area contributed by atoms with Crippen molar-refractivity contribution in [2.24, 2.45) is 0 Å². The minimum Gasteiger partial charge on any atom is -0.434 e. The van der Waals surface area contributed by atoms with Crippen LogP contribution in [0.5, 0.6) is 5.75 Å². The molecule has 7 heteroatoms. The van der Waals surface area contributed by atoms with Gasteiger partial charge in [-0.05, 0) is 32.8 Å². The Morgan fingerprint density at radius 2 is 2.26 bits per heavy atom. The van der Waals surface area contributed by atoms with Gasteiger partial charge in [0.25, 0.3) is 0 Å². The molecule has 1 saturated heterocycles. The van der Waals surface area contributed by atoms with E-state index in [0.29, 0.717) is 12.2 Å². The lowest BCUT2D eigenvalue weighted by molar-refractivity contribution is -0.0504. The molecule has 0 bridgehead atoms. The summed E-state index contributed by atoms with van der Waals surface area (Å²) in [5, 5.41) is 5.56. The highest BCUT2D eigenvalue weighted by molar-refractivity contribution is 5.74. The molecule has 2 atom stereocenters. The second kappa shape index (κ2) is 8.10. The number of aryl methyl sites for hydroxylation is 1. The van der Waals surface area contributed by atoms with Crippen molar-refractivity contribution in [3.63, 3.8) is 0 Å². The number of benzene rings is 1.